The minimum absolute atomic E-state index is 0.328. The summed E-state index contributed by atoms with van der Waals surface area (Å²) >= 11 is 0. The summed E-state index contributed by atoms with van der Waals surface area (Å²) in [6, 6.07) is 6.80. The first-order valence-electron chi connectivity index (χ1n) is 6.13. The molecule has 0 fully saturated rings. The summed E-state index contributed by atoms with van der Waals surface area (Å²) in [5, 5.41) is 3.28. The van der Waals surface area contributed by atoms with Gasteiger partial charge in [0.15, 0.2) is 9.84 Å². The van der Waals surface area contributed by atoms with E-state index >= 15 is 0 Å². The van der Waals surface area contributed by atoms with E-state index in [1.165, 1.54) is 6.26 Å². The number of rotatable bonds is 2. The van der Waals surface area contributed by atoms with Crippen molar-refractivity contribution in [2.45, 2.75) is 17.9 Å². The van der Waals surface area contributed by atoms with Crippen LogP contribution < -0.4 is 5.32 Å². The molecule has 0 radical (unpaired) electrons. The highest BCUT2D eigenvalue weighted by molar-refractivity contribution is 7.90. The van der Waals surface area contributed by atoms with Crippen LogP contribution in [0, 0.1) is 0 Å². The topological polar surface area (TPSA) is 74.8 Å². The minimum Gasteiger partial charge on any atom is -0.341 e. The van der Waals surface area contributed by atoms with E-state index in [2.05, 4.69) is 15.3 Å². The largest absolute Gasteiger partial charge is 0.341 e. The van der Waals surface area contributed by atoms with Crippen LogP contribution in [0.4, 0.5) is 0 Å². The summed E-state index contributed by atoms with van der Waals surface area (Å²) in [5.74, 6) is 0.800. The van der Waals surface area contributed by atoms with Crippen LogP contribution in [0.1, 0.15) is 11.4 Å². The van der Waals surface area contributed by atoms with Gasteiger partial charge in [0.2, 0.25) is 0 Å². The van der Waals surface area contributed by atoms with Gasteiger partial charge in [-0.25, -0.2) is 13.4 Å². The Bertz CT molecular complexity index is 678. The molecule has 2 N–H and O–H groups in total. The van der Waals surface area contributed by atoms with Gasteiger partial charge in [0, 0.05) is 31.3 Å². The normalized spacial score (nSPS) is 15.2. The van der Waals surface area contributed by atoms with E-state index in [0.29, 0.717) is 4.90 Å². The van der Waals surface area contributed by atoms with Gasteiger partial charge >= 0.3 is 0 Å². The van der Waals surface area contributed by atoms with Crippen LogP contribution in [0.25, 0.3) is 11.4 Å². The highest BCUT2D eigenvalue weighted by Gasteiger charge is 2.15. The van der Waals surface area contributed by atoms with Crippen molar-refractivity contribution in [3.63, 3.8) is 0 Å². The Morgan fingerprint density at radius 2 is 1.95 bits per heavy atom. The first-order valence-corrected chi connectivity index (χ1v) is 8.02. The third-order valence-electron chi connectivity index (χ3n) is 3.26. The predicted octanol–water partition coefficient (Wildman–Crippen LogP) is 1.13. The fourth-order valence-electron chi connectivity index (χ4n) is 2.22. The highest BCUT2D eigenvalue weighted by Crippen LogP contribution is 2.21. The van der Waals surface area contributed by atoms with Gasteiger partial charge in [-0.2, -0.15) is 0 Å². The number of nitrogens with one attached hydrogen (secondary N) is 2. The molecule has 0 aliphatic carbocycles. The molecule has 3 rings (SSSR count). The summed E-state index contributed by atoms with van der Waals surface area (Å²) in [5.41, 5.74) is 3.12. The van der Waals surface area contributed by atoms with Crippen LogP contribution in [0.2, 0.25) is 0 Å². The third kappa shape index (κ3) is 2.41. The lowest BCUT2D eigenvalue weighted by Crippen LogP contribution is -2.23. The van der Waals surface area contributed by atoms with E-state index < -0.39 is 9.84 Å². The molecule has 1 aromatic carbocycles. The molecule has 19 heavy (non-hydrogen) atoms. The highest BCUT2D eigenvalue weighted by atomic mass is 32.2. The van der Waals surface area contributed by atoms with Crippen LogP contribution in [0.3, 0.4) is 0 Å². The lowest BCUT2D eigenvalue weighted by atomic mass is 10.2. The number of H-pyrrole nitrogens is 1. The second-order valence-corrected chi connectivity index (χ2v) is 6.75. The molecule has 5 nitrogen and oxygen atoms in total. The van der Waals surface area contributed by atoms with E-state index in [-0.39, 0.29) is 0 Å². The van der Waals surface area contributed by atoms with E-state index in [1.807, 2.05) is 0 Å². The average Bonchev–Trinajstić information content (AvgIpc) is 2.81. The summed E-state index contributed by atoms with van der Waals surface area (Å²) < 4.78 is 22.8. The zero-order valence-corrected chi connectivity index (χ0v) is 11.4. The zero-order chi connectivity index (χ0) is 13.5. The molecule has 0 amide bonds. The number of benzene rings is 1. The van der Waals surface area contributed by atoms with Gasteiger partial charge < -0.3 is 10.3 Å². The van der Waals surface area contributed by atoms with Gasteiger partial charge in [-0.3, -0.25) is 0 Å². The van der Waals surface area contributed by atoms with E-state index in [1.54, 1.807) is 24.3 Å². The molecule has 2 heterocycles. The van der Waals surface area contributed by atoms with Crippen molar-refractivity contribution in [2.24, 2.45) is 0 Å². The fourth-order valence-corrected chi connectivity index (χ4v) is 2.85. The Balaban J connectivity index is 1.96. The lowest BCUT2D eigenvalue weighted by Gasteiger charge is -2.09. The second kappa shape index (κ2) is 4.47. The molecule has 0 bridgehead atoms. The molecule has 1 aromatic heterocycles. The number of fused-ring (bicyclic) bond motifs is 1. The maximum atomic E-state index is 11.4. The molecule has 1 aliphatic heterocycles. The average molecular weight is 277 g/mol. The second-order valence-electron chi connectivity index (χ2n) is 4.73. The van der Waals surface area contributed by atoms with Gasteiger partial charge in [-0.05, 0) is 24.3 Å². The third-order valence-corrected chi connectivity index (χ3v) is 4.39. The number of imidazole rings is 1. The van der Waals surface area contributed by atoms with Crippen molar-refractivity contribution in [2.75, 3.05) is 12.8 Å². The summed E-state index contributed by atoms with van der Waals surface area (Å²) in [6.07, 6.45) is 2.13. The maximum Gasteiger partial charge on any atom is 0.175 e. The maximum absolute atomic E-state index is 11.4. The first-order chi connectivity index (χ1) is 9.04. The first kappa shape index (κ1) is 12.4. The van der Waals surface area contributed by atoms with Crippen molar-refractivity contribution in [1.29, 1.82) is 0 Å². The molecule has 2 aromatic rings. The zero-order valence-electron chi connectivity index (χ0n) is 10.6. The SMILES string of the molecule is CS(=O)(=O)c1ccc(-c2nc3c([nH]2)CNCC3)cc1. The molecule has 0 spiro atoms. The minimum atomic E-state index is -3.14. The molecule has 6 heteroatoms. The van der Waals surface area contributed by atoms with Gasteiger partial charge in [-0.1, -0.05) is 0 Å². The van der Waals surface area contributed by atoms with E-state index in [0.717, 1.165) is 42.3 Å². The number of aromatic amines is 1. The van der Waals surface area contributed by atoms with Crippen molar-refractivity contribution in [3.05, 3.63) is 35.7 Å². The van der Waals surface area contributed by atoms with Crippen molar-refractivity contribution < 1.29 is 8.42 Å². The monoisotopic (exact) mass is 277 g/mol. The van der Waals surface area contributed by atoms with Gasteiger partial charge in [0.1, 0.15) is 5.82 Å². The molecule has 0 atom stereocenters. The summed E-state index contributed by atoms with van der Waals surface area (Å²) in [4.78, 5) is 8.18. The van der Waals surface area contributed by atoms with Gasteiger partial charge in [0.05, 0.1) is 16.3 Å². The van der Waals surface area contributed by atoms with Crippen molar-refractivity contribution in [1.82, 2.24) is 15.3 Å². The molecule has 1 aliphatic rings. The molecule has 0 saturated heterocycles. The smallest absolute Gasteiger partial charge is 0.175 e. The fraction of sp³-hybridized carbons (Fsp3) is 0.308. The van der Waals surface area contributed by atoms with E-state index in [9.17, 15) is 8.42 Å². The van der Waals surface area contributed by atoms with E-state index in [4.69, 9.17) is 0 Å². The Hall–Kier alpha value is -1.66. The van der Waals surface area contributed by atoms with Gasteiger partial charge in [0.25, 0.3) is 0 Å². The number of sulfone groups is 1. The molecular formula is C13H15N3O2S. The van der Waals surface area contributed by atoms with Crippen LogP contribution >= 0.6 is 0 Å². The number of hydrogen-bond donors (Lipinski definition) is 2. The van der Waals surface area contributed by atoms with Crippen LogP contribution in [-0.4, -0.2) is 31.2 Å². The summed E-state index contributed by atoms with van der Waals surface area (Å²) in [6.45, 7) is 1.76. The number of hydrogen-bond acceptors (Lipinski definition) is 4. The van der Waals surface area contributed by atoms with Crippen LogP contribution in [0.5, 0.6) is 0 Å². The molecule has 100 valence electrons. The Labute approximate surface area is 112 Å². The molecular weight excluding hydrogens is 262 g/mol. The van der Waals surface area contributed by atoms with Crippen molar-refractivity contribution in [3.8, 4) is 11.4 Å². The Kier molecular flexibility index (Phi) is 2.91. The molecule has 0 saturated carbocycles. The van der Waals surface area contributed by atoms with Crippen molar-refractivity contribution >= 4 is 9.84 Å². The molecule has 0 unspecified atom stereocenters. The number of aromatic nitrogens is 2. The predicted molar refractivity (Wildman–Crippen MR) is 72.5 cm³/mol. The standard InChI is InChI=1S/C13H15N3O2S/c1-19(17,18)10-4-2-9(3-5-10)13-15-11-6-7-14-8-12(11)16-13/h2-5,14H,6-8H2,1H3,(H,15,16). The van der Waals surface area contributed by atoms with Crippen LogP contribution in [-0.2, 0) is 22.8 Å². The van der Waals surface area contributed by atoms with Crippen LogP contribution in [0.15, 0.2) is 29.2 Å². The number of nitrogens with zero attached hydrogens (tertiary/aromatic N) is 1. The Morgan fingerprint density at radius 3 is 2.58 bits per heavy atom. The Morgan fingerprint density at radius 1 is 1.21 bits per heavy atom. The quantitative estimate of drug-likeness (QED) is 0.863. The van der Waals surface area contributed by atoms with Gasteiger partial charge in [-0.15, -0.1) is 0 Å². The summed E-state index contributed by atoms with van der Waals surface area (Å²) in [7, 11) is -3.14. The lowest BCUT2D eigenvalue weighted by molar-refractivity contribution is 0.602.